The maximum absolute atomic E-state index is 15.5. The maximum Gasteiger partial charge on any atom is 0.414 e. The van der Waals surface area contributed by atoms with E-state index in [9.17, 15) is 19.5 Å². The Kier molecular flexibility index (Phi) is 6.41. The second kappa shape index (κ2) is 9.14. The summed E-state index contributed by atoms with van der Waals surface area (Å²) in [7, 11) is 0. The average Bonchev–Trinajstić information content (AvgIpc) is 3.39. The lowest BCUT2D eigenvalue weighted by Crippen LogP contribution is -2.53. The Morgan fingerprint density at radius 3 is 2.76 bits per heavy atom. The number of nitrogens with zero attached hydrogens (tertiary/aromatic N) is 3. The van der Waals surface area contributed by atoms with Crippen LogP contribution in [-0.4, -0.2) is 68.4 Å². The van der Waals surface area contributed by atoms with Crippen LogP contribution in [0.1, 0.15) is 43.1 Å². The van der Waals surface area contributed by atoms with Gasteiger partial charge in [0.15, 0.2) is 11.6 Å². The molecule has 1 fully saturated rings. The monoisotopic (exact) mass is 493 g/mol. The highest BCUT2D eigenvalue weighted by molar-refractivity contribution is 7.09. The molecule has 13 heteroatoms. The summed E-state index contributed by atoms with van der Waals surface area (Å²) in [5.74, 6) is -1.80. The number of hydrogen-bond acceptors (Lipinski definition) is 9. The molecule has 4 heterocycles. The summed E-state index contributed by atoms with van der Waals surface area (Å²) in [5, 5.41) is 15.1. The highest BCUT2D eigenvalue weighted by Gasteiger charge is 2.40. The van der Waals surface area contributed by atoms with Crippen molar-refractivity contribution >= 4 is 35.4 Å². The maximum atomic E-state index is 15.5. The van der Waals surface area contributed by atoms with Crippen molar-refractivity contribution in [1.82, 2.24) is 19.6 Å². The molecule has 1 saturated heterocycles. The van der Waals surface area contributed by atoms with Gasteiger partial charge in [0, 0.05) is 18.4 Å². The van der Waals surface area contributed by atoms with Gasteiger partial charge in [0.2, 0.25) is 0 Å². The highest BCUT2D eigenvalue weighted by Crippen LogP contribution is 2.37. The molecule has 2 aliphatic heterocycles. The van der Waals surface area contributed by atoms with Gasteiger partial charge in [0.05, 0.1) is 41.4 Å². The van der Waals surface area contributed by atoms with Crippen molar-refractivity contribution in [3.63, 3.8) is 0 Å². The van der Waals surface area contributed by atoms with Crippen LogP contribution in [-0.2, 0) is 16.0 Å². The first-order chi connectivity index (χ1) is 16.0. The number of alkyl carbamates (subject to hydrolysis) is 1. The fourth-order valence-corrected chi connectivity index (χ4v) is 4.40. The zero-order valence-electron chi connectivity index (χ0n) is 18.8. The number of anilines is 1. The van der Waals surface area contributed by atoms with Crippen molar-refractivity contribution in [2.45, 2.75) is 51.4 Å². The molecule has 0 aliphatic carbocycles. The first-order valence-electron chi connectivity index (χ1n) is 10.6. The predicted molar refractivity (Wildman–Crippen MR) is 119 cm³/mol. The quantitative estimate of drug-likeness (QED) is 0.585. The second-order valence-corrected chi connectivity index (χ2v) is 9.73. The molecule has 2 aromatic rings. The fraction of sp³-hybridized carbons (Fsp3) is 0.476. The number of hydrogen-bond donors (Lipinski definition) is 3. The lowest BCUT2D eigenvalue weighted by Gasteiger charge is -2.33. The number of nitrogens with one attached hydrogen (secondary N) is 2. The van der Waals surface area contributed by atoms with Crippen LogP contribution in [0.4, 0.5) is 19.8 Å². The molecule has 2 atom stereocenters. The predicted octanol–water partition coefficient (Wildman–Crippen LogP) is 3.07. The number of fused-ring (bicyclic) bond motifs is 1. The third-order valence-corrected chi connectivity index (χ3v) is 6.05. The summed E-state index contributed by atoms with van der Waals surface area (Å²) in [6.07, 6.45) is -0.158. The highest BCUT2D eigenvalue weighted by atomic mass is 32.1. The van der Waals surface area contributed by atoms with E-state index >= 15 is 4.39 Å². The smallest absolute Gasteiger partial charge is 0.414 e. The zero-order chi connectivity index (χ0) is 24.6. The minimum atomic E-state index is -1.48. The standard InChI is InChI=1S/C21H24FN5O6S/c1-21(2,3)33-19(29)25-12-9-32-7-5-11(12)24-17-15(22)10-8-27(20(30)31)18(28)14(10)16(26-17)13-4-6-23-34-13/h4,6,11-12H,5,7-9H2,1-3H3,(H,24,26)(H,25,29)(H,30,31)/t11-,12+/m1/s1. The Hall–Kier alpha value is -3.32. The molecule has 34 heavy (non-hydrogen) atoms. The third kappa shape index (κ3) is 4.80. The van der Waals surface area contributed by atoms with E-state index < -0.39 is 48.1 Å². The van der Waals surface area contributed by atoms with Gasteiger partial charge >= 0.3 is 12.2 Å². The Labute approximate surface area is 198 Å². The van der Waals surface area contributed by atoms with Gasteiger partial charge in [-0.05, 0) is 44.8 Å². The Bertz CT molecular complexity index is 1120. The van der Waals surface area contributed by atoms with Crippen molar-refractivity contribution in [3.05, 3.63) is 29.2 Å². The number of amides is 3. The molecule has 182 valence electrons. The summed E-state index contributed by atoms with van der Waals surface area (Å²) < 4.78 is 30.3. The molecule has 0 aromatic carbocycles. The molecule has 2 aromatic heterocycles. The van der Waals surface area contributed by atoms with Crippen LogP contribution in [0, 0.1) is 5.82 Å². The van der Waals surface area contributed by atoms with Crippen LogP contribution in [0.2, 0.25) is 0 Å². The first-order valence-corrected chi connectivity index (χ1v) is 11.3. The van der Waals surface area contributed by atoms with E-state index in [0.29, 0.717) is 22.8 Å². The van der Waals surface area contributed by atoms with E-state index in [4.69, 9.17) is 9.47 Å². The number of carbonyl (C=O) groups excluding carboxylic acids is 2. The van der Waals surface area contributed by atoms with Crippen LogP contribution in [0.25, 0.3) is 10.6 Å². The molecule has 0 saturated carbocycles. The molecule has 3 amide bonds. The number of imide groups is 1. The van der Waals surface area contributed by atoms with Gasteiger partial charge < -0.3 is 25.2 Å². The average molecular weight is 494 g/mol. The van der Waals surface area contributed by atoms with E-state index in [-0.39, 0.29) is 29.2 Å². The van der Waals surface area contributed by atoms with Gasteiger partial charge in [-0.1, -0.05) is 0 Å². The molecule has 0 spiro atoms. The third-order valence-electron chi connectivity index (χ3n) is 5.29. The van der Waals surface area contributed by atoms with Crippen molar-refractivity contribution in [1.29, 1.82) is 0 Å². The minimum absolute atomic E-state index is 0.0583. The topological polar surface area (TPSA) is 143 Å². The SMILES string of the molecule is CC(C)(C)OC(=O)N[C@H]1COCC[C@H]1Nc1nc(-c2ccns2)c2c(c1F)CN(C(=O)O)C2=O. The van der Waals surface area contributed by atoms with E-state index in [0.717, 1.165) is 11.5 Å². The van der Waals surface area contributed by atoms with Crippen molar-refractivity contribution < 1.29 is 33.4 Å². The van der Waals surface area contributed by atoms with Gasteiger partial charge in [-0.2, -0.15) is 0 Å². The molecule has 0 radical (unpaired) electrons. The largest absolute Gasteiger partial charge is 0.465 e. The number of carbonyl (C=O) groups is 3. The molecule has 4 rings (SSSR count). The van der Waals surface area contributed by atoms with Gasteiger partial charge in [-0.25, -0.2) is 28.2 Å². The molecule has 0 bridgehead atoms. The zero-order valence-corrected chi connectivity index (χ0v) is 19.6. The first kappa shape index (κ1) is 23.8. The summed E-state index contributed by atoms with van der Waals surface area (Å²) in [6, 6.07) is 0.623. The van der Waals surface area contributed by atoms with E-state index in [1.54, 1.807) is 26.8 Å². The summed E-state index contributed by atoms with van der Waals surface area (Å²) in [6.45, 7) is 5.36. The molecular weight excluding hydrogens is 469 g/mol. The van der Waals surface area contributed by atoms with E-state index in [1.165, 1.54) is 6.20 Å². The van der Waals surface area contributed by atoms with Crippen molar-refractivity contribution in [2.24, 2.45) is 0 Å². The Morgan fingerprint density at radius 2 is 2.12 bits per heavy atom. The summed E-state index contributed by atoms with van der Waals surface area (Å²) in [5.41, 5.74) is -0.691. The normalized spacial score (nSPS) is 20.1. The fourth-order valence-electron chi connectivity index (χ4n) is 3.81. The van der Waals surface area contributed by atoms with Gasteiger partial charge in [0.1, 0.15) is 5.60 Å². The van der Waals surface area contributed by atoms with Gasteiger partial charge in [-0.15, -0.1) is 0 Å². The van der Waals surface area contributed by atoms with Crippen molar-refractivity contribution in [2.75, 3.05) is 18.5 Å². The van der Waals surface area contributed by atoms with Crippen LogP contribution in [0.15, 0.2) is 12.3 Å². The molecule has 0 unspecified atom stereocenters. The van der Waals surface area contributed by atoms with Crippen molar-refractivity contribution in [3.8, 4) is 10.6 Å². The molecule has 2 aliphatic rings. The lowest BCUT2D eigenvalue weighted by atomic mass is 10.0. The van der Waals surface area contributed by atoms with E-state index in [1.807, 2.05) is 0 Å². The van der Waals surface area contributed by atoms with Crippen LogP contribution in [0.3, 0.4) is 0 Å². The number of rotatable bonds is 4. The van der Waals surface area contributed by atoms with Crippen LogP contribution >= 0.6 is 11.5 Å². The second-order valence-electron chi connectivity index (χ2n) is 8.89. The number of carboxylic acid groups (broad SMARTS) is 1. The Morgan fingerprint density at radius 1 is 1.35 bits per heavy atom. The number of ether oxygens (including phenoxy) is 2. The summed E-state index contributed by atoms with van der Waals surface area (Å²) >= 11 is 1.05. The van der Waals surface area contributed by atoms with Crippen LogP contribution in [0.5, 0.6) is 0 Å². The molecular formula is C21H24FN5O6S. The van der Waals surface area contributed by atoms with E-state index in [2.05, 4.69) is 20.0 Å². The molecule has 3 N–H and O–H groups in total. The lowest BCUT2D eigenvalue weighted by molar-refractivity contribution is 0.0317. The number of pyridine rings is 1. The summed E-state index contributed by atoms with van der Waals surface area (Å²) in [4.78, 5) is 41.9. The molecule has 11 nitrogen and oxygen atoms in total. The van der Waals surface area contributed by atoms with Crippen LogP contribution < -0.4 is 10.6 Å². The van der Waals surface area contributed by atoms with Gasteiger partial charge in [-0.3, -0.25) is 4.79 Å². The number of aromatic nitrogens is 2. The van der Waals surface area contributed by atoms with Gasteiger partial charge in [0.25, 0.3) is 5.91 Å². The Balaban J connectivity index is 1.66. The minimum Gasteiger partial charge on any atom is -0.465 e. The number of halogens is 1.